The van der Waals surface area contributed by atoms with E-state index in [1.807, 2.05) is 109 Å². The fourth-order valence-electron chi connectivity index (χ4n) is 10.9. The van der Waals surface area contributed by atoms with E-state index in [4.69, 9.17) is 9.97 Å². The van der Waals surface area contributed by atoms with Gasteiger partial charge in [-0.2, -0.15) is 0 Å². The molecule has 6 aromatic heterocycles. The molecule has 9 nitrogen and oxygen atoms in total. The van der Waals surface area contributed by atoms with Crippen LogP contribution in [0.4, 0.5) is 0 Å². The lowest BCUT2D eigenvalue weighted by Gasteiger charge is -2.12. The average Bonchev–Trinajstić information content (AvgIpc) is 3.23. The van der Waals surface area contributed by atoms with E-state index in [9.17, 15) is 0 Å². The first-order valence-electron chi connectivity index (χ1n) is 26.8. The van der Waals surface area contributed by atoms with Crippen LogP contribution in [0.5, 0.6) is 0 Å². The molecule has 0 fully saturated rings. The molecule has 0 radical (unpaired) electrons. The van der Waals surface area contributed by atoms with Crippen molar-refractivity contribution in [3.05, 3.63) is 290 Å². The number of H-pyrrole nitrogens is 1. The van der Waals surface area contributed by atoms with E-state index in [0.717, 1.165) is 50.4 Å². The first-order chi connectivity index (χ1) is 40.1. The van der Waals surface area contributed by atoms with Gasteiger partial charge in [-0.25, -0.2) is 24.9 Å². The fourth-order valence-corrected chi connectivity index (χ4v) is 11.3. The number of para-hydroxylation sites is 4. The standard InChI is InChI=1S/C36H24N4.C20H14N2.C15H10BrN3/c1-4-12-25(13-5-1)30-24-31(26-14-6-2-7-15-26)38-36(37-30)40-33-19-11-10-18-28(33)35-29-22-23-39(27-16-8-3-9-17-27)32(29)20-21-34(35)40;1-2-6-14(7-3-1)22-13-12-16-19(22)11-10-18-20(16)15-8-4-5-9-17(15)21-18;16-15-18-13(11-7-3-1-4-8-11)17-14(19-15)12-9-5-2-6-10-12/h1-24H;1-13,21H;1-10H. The van der Waals surface area contributed by atoms with Gasteiger partial charge in [0.05, 0.1) is 33.5 Å². The van der Waals surface area contributed by atoms with Gasteiger partial charge in [0.15, 0.2) is 11.6 Å². The van der Waals surface area contributed by atoms with Gasteiger partial charge in [-0.3, -0.25) is 4.57 Å². The van der Waals surface area contributed by atoms with Gasteiger partial charge in [0, 0.05) is 89.4 Å². The summed E-state index contributed by atoms with van der Waals surface area (Å²) in [6, 6.07) is 93.7. The highest BCUT2D eigenvalue weighted by atomic mass is 79.9. The van der Waals surface area contributed by atoms with Crippen LogP contribution in [0.3, 0.4) is 0 Å². The Morgan fingerprint density at radius 1 is 0.309 bits per heavy atom. The molecule has 16 rings (SSSR count). The van der Waals surface area contributed by atoms with Gasteiger partial charge in [-0.15, -0.1) is 0 Å². The van der Waals surface area contributed by atoms with Crippen LogP contribution >= 0.6 is 15.9 Å². The van der Waals surface area contributed by atoms with Crippen molar-refractivity contribution in [2.24, 2.45) is 0 Å². The van der Waals surface area contributed by atoms with Gasteiger partial charge < -0.3 is 14.1 Å². The largest absolute Gasteiger partial charge is 0.354 e. The summed E-state index contributed by atoms with van der Waals surface area (Å²) in [4.78, 5) is 27.0. The second-order valence-corrected chi connectivity index (χ2v) is 20.2. The number of hydrogen-bond donors (Lipinski definition) is 1. The van der Waals surface area contributed by atoms with Gasteiger partial charge in [0.2, 0.25) is 10.7 Å². The summed E-state index contributed by atoms with van der Waals surface area (Å²) in [6.45, 7) is 0. The van der Waals surface area contributed by atoms with Crippen LogP contribution < -0.4 is 0 Å². The van der Waals surface area contributed by atoms with Crippen molar-refractivity contribution < 1.29 is 0 Å². The molecule has 10 aromatic carbocycles. The Balaban J connectivity index is 0.000000121. The monoisotopic (exact) mass is 1110 g/mol. The van der Waals surface area contributed by atoms with E-state index in [1.165, 1.54) is 60.1 Å². The molecule has 0 aliphatic rings. The molecule has 16 aromatic rings. The lowest BCUT2D eigenvalue weighted by molar-refractivity contribution is 0.996. The van der Waals surface area contributed by atoms with Crippen molar-refractivity contribution in [3.8, 4) is 62.6 Å². The van der Waals surface area contributed by atoms with Gasteiger partial charge in [-0.1, -0.05) is 194 Å². The third-order valence-electron chi connectivity index (χ3n) is 14.6. The molecule has 0 amide bonds. The first kappa shape index (κ1) is 48.8. The lowest BCUT2D eigenvalue weighted by Crippen LogP contribution is -2.04. The second-order valence-electron chi connectivity index (χ2n) is 19.5. The molecule has 0 aliphatic carbocycles. The average molecular weight is 1110 g/mol. The molecule has 0 bridgehead atoms. The van der Waals surface area contributed by atoms with Crippen molar-refractivity contribution in [1.29, 1.82) is 0 Å². The molecular weight excluding hydrogens is 1060 g/mol. The number of hydrogen-bond acceptors (Lipinski definition) is 5. The molecule has 0 atom stereocenters. The van der Waals surface area contributed by atoms with E-state index >= 15 is 0 Å². The highest BCUT2D eigenvalue weighted by Gasteiger charge is 2.20. The summed E-state index contributed by atoms with van der Waals surface area (Å²) in [5.41, 5.74) is 15.2. The zero-order valence-electron chi connectivity index (χ0n) is 43.6. The summed E-state index contributed by atoms with van der Waals surface area (Å²) in [7, 11) is 0. The molecular formula is C71H48BrN9. The van der Waals surface area contributed by atoms with E-state index in [0.29, 0.717) is 22.3 Å². The molecule has 0 spiro atoms. The van der Waals surface area contributed by atoms with Crippen molar-refractivity contribution in [3.63, 3.8) is 0 Å². The number of aromatic amines is 1. The number of aromatic nitrogens is 9. The van der Waals surface area contributed by atoms with E-state index < -0.39 is 0 Å². The minimum atomic E-state index is 0.542. The van der Waals surface area contributed by atoms with Crippen LogP contribution in [0.15, 0.2) is 290 Å². The minimum Gasteiger partial charge on any atom is -0.354 e. The van der Waals surface area contributed by atoms with Crippen LogP contribution in [0.1, 0.15) is 0 Å². The number of nitrogens with one attached hydrogen (secondary N) is 1. The Labute approximate surface area is 474 Å². The highest BCUT2D eigenvalue weighted by molar-refractivity contribution is 9.10. The number of benzene rings is 10. The molecule has 81 heavy (non-hydrogen) atoms. The minimum absolute atomic E-state index is 0.542. The van der Waals surface area contributed by atoms with E-state index in [2.05, 4.69) is 226 Å². The van der Waals surface area contributed by atoms with E-state index in [1.54, 1.807) is 0 Å². The number of halogens is 1. The first-order valence-corrected chi connectivity index (χ1v) is 27.6. The maximum Gasteiger partial charge on any atom is 0.235 e. The lowest BCUT2D eigenvalue weighted by atomic mass is 10.1. The van der Waals surface area contributed by atoms with Gasteiger partial charge in [0.25, 0.3) is 0 Å². The molecule has 1 N–H and O–H groups in total. The van der Waals surface area contributed by atoms with Crippen molar-refractivity contribution in [2.45, 2.75) is 0 Å². The second kappa shape index (κ2) is 21.4. The third kappa shape index (κ3) is 9.39. The predicted octanol–water partition coefficient (Wildman–Crippen LogP) is 18.1. The highest BCUT2D eigenvalue weighted by Crippen LogP contribution is 2.39. The molecule has 0 unspecified atom stereocenters. The molecule has 0 saturated heterocycles. The van der Waals surface area contributed by atoms with Crippen molar-refractivity contribution in [2.75, 3.05) is 0 Å². The zero-order valence-corrected chi connectivity index (χ0v) is 45.2. The fraction of sp³-hybridized carbons (Fsp3) is 0. The summed E-state index contributed by atoms with van der Waals surface area (Å²) in [5, 5.41) is 7.48. The van der Waals surface area contributed by atoms with Crippen LogP contribution in [-0.2, 0) is 0 Å². The molecule has 0 saturated carbocycles. The molecule has 10 heteroatoms. The third-order valence-corrected chi connectivity index (χ3v) is 15.0. The number of nitrogens with zero attached hydrogens (tertiary/aromatic N) is 8. The number of rotatable bonds is 7. The molecule has 6 heterocycles. The Hall–Kier alpha value is -10.6. The topological polar surface area (TPSA) is 95.0 Å². The van der Waals surface area contributed by atoms with Gasteiger partial charge >= 0.3 is 0 Å². The zero-order chi connectivity index (χ0) is 54.1. The normalized spacial score (nSPS) is 11.3. The van der Waals surface area contributed by atoms with Crippen LogP contribution in [-0.4, -0.2) is 43.6 Å². The molecule has 0 aliphatic heterocycles. The predicted molar refractivity (Wildman–Crippen MR) is 335 cm³/mol. The summed E-state index contributed by atoms with van der Waals surface area (Å²) in [6.07, 6.45) is 4.31. The summed E-state index contributed by atoms with van der Waals surface area (Å²) >= 11 is 3.35. The Morgan fingerprint density at radius 3 is 1.27 bits per heavy atom. The smallest absolute Gasteiger partial charge is 0.235 e. The van der Waals surface area contributed by atoms with Crippen LogP contribution in [0, 0.1) is 0 Å². The van der Waals surface area contributed by atoms with Crippen LogP contribution in [0.2, 0.25) is 0 Å². The number of fused-ring (bicyclic) bond motifs is 10. The Morgan fingerprint density at radius 2 is 0.728 bits per heavy atom. The SMILES string of the molecule is Brc1nc(-c2ccccc2)nc(-c2ccccc2)n1.c1ccc(-c2cc(-c3ccccc3)nc(-n3c4ccccc4c4c5ccn(-c6ccccc6)c5ccc43)n2)cc1.c1ccc(-n2ccc3c4c(ccc32)[nH]c2ccccc24)cc1. The van der Waals surface area contributed by atoms with E-state index in [-0.39, 0.29) is 0 Å². The van der Waals surface area contributed by atoms with Crippen molar-refractivity contribution in [1.82, 2.24) is 43.6 Å². The van der Waals surface area contributed by atoms with Gasteiger partial charge in [0.1, 0.15) is 0 Å². The van der Waals surface area contributed by atoms with Crippen molar-refractivity contribution >= 4 is 81.3 Å². The maximum atomic E-state index is 5.15. The van der Waals surface area contributed by atoms with Crippen LogP contribution in [0.25, 0.3) is 128 Å². The Kier molecular flexibility index (Phi) is 12.9. The maximum absolute atomic E-state index is 5.15. The quantitative estimate of drug-likeness (QED) is 0.172. The van der Waals surface area contributed by atoms with Gasteiger partial charge in [-0.05, 0) is 94.8 Å². The Bertz CT molecular complexity index is 4750. The molecule has 384 valence electrons. The summed E-state index contributed by atoms with van der Waals surface area (Å²) in [5.74, 6) is 2.00. The summed E-state index contributed by atoms with van der Waals surface area (Å²) < 4.78 is 7.25.